The molecule has 0 bridgehead atoms. The zero-order valence-electron chi connectivity index (χ0n) is 11.1. The highest BCUT2D eigenvalue weighted by atomic mass is 16.5. The van der Waals surface area contributed by atoms with Crippen LogP contribution in [-0.4, -0.2) is 50.6 Å². The second kappa shape index (κ2) is 5.69. The predicted molar refractivity (Wildman–Crippen MR) is 66.8 cm³/mol. The quantitative estimate of drug-likeness (QED) is 0.691. The molecule has 5 heteroatoms. The van der Waals surface area contributed by atoms with Gasteiger partial charge in [0.1, 0.15) is 0 Å². The largest absolute Gasteiger partial charge is 0.383 e. The summed E-state index contributed by atoms with van der Waals surface area (Å²) in [6.45, 7) is 1.13. The Bertz CT molecular complexity index is 322. The molecule has 2 atom stereocenters. The number of carbonyl (C=O) groups excluding carboxylic acids is 2. The molecule has 0 aromatic carbocycles. The number of hydrogen-bond donors (Lipinski definition) is 1. The molecule has 2 amide bonds. The van der Waals surface area contributed by atoms with Crippen molar-refractivity contribution >= 4 is 11.8 Å². The minimum absolute atomic E-state index is 0.119. The van der Waals surface area contributed by atoms with Gasteiger partial charge in [-0.25, -0.2) is 0 Å². The molecule has 0 heterocycles. The van der Waals surface area contributed by atoms with E-state index in [4.69, 9.17) is 4.74 Å². The summed E-state index contributed by atoms with van der Waals surface area (Å²) in [4.78, 5) is 25.2. The molecular weight excluding hydrogens is 232 g/mol. The van der Waals surface area contributed by atoms with Crippen LogP contribution >= 0.6 is 0 Å². The fourth-order valence-electron chi connectivity index (χ4n) is 2.87. The lowest BCUT2D eigenvalue weighted by Crippen LogP contribution is -2.41. The zero-order valence-corrected chi connectivity index (χ0v) is 11.1. The second-order valence-electron chi connectivity index (χ2n) is 5.46. The Kier molecular flexibility index (Phi) is 4.22. The Labute approximate surface area is 108 Å². The molecule has 102 valence electrons. The molecular formula is C13H22N2O3. The van der Waals surface area contributed by atoms with Crippen LogP contribution in [0.1, 0.15) is 19.3 Å². The van der Waals surface area contributed by atoms with E-state index in [2.05, 4.69) is 5.32 Å². The molecule has 0 aromatic rings. The van der Waals surface area contributed by atoms with Crippen LogP contribution in [0.4, 0.5) is 0 Å². The topological polar surface area (TPSA) is 58.6 Å². The number of rotatable bonds is 6. The summed E-state index contributed by atoms with van der Waals surface area (Å²) in [5.74, 6) is 1.76. The van der Waals surface area contributed by atoms with Crippen molar-refractivity contribution in [3.8, 4) is 0 Å². The van der Waals surface area contributed by atoms with Crippen molar-refractivity contribution in [3.63, 3.8) is 0 Å². The zero-order chi connectivity index (χ0) is 13.1. The first-order valence-electron chi connectivity index (χ1n) is 6.62. The van der Waals surface area contributed by atoms with E-state index >= 15 is 0 Å². The molecule has 2 unspecified atom stereocenters. The number of likely N-dealkylation sites (N-methyl/N-ethyl adjacent to an activating group) is 1. The van der Waals surface area contributed by atoms with Crippen LogP contribution in [0.5, 0.6) is 0 Å². The van der Waals surface area contributed by atoms with E-state index in [0.717, 1.165) is 24.7 Å². The summed E-state index contributed by atoms with van der Waals surface area (Å²) in [7, 11) is 3.30. The van der Waals surface area contributed by atoms with Crippen molar-refractivity contribution in [2.24, 2.45) is 17.8 Å². The van der Waals surface area contributed by atoms with Crippen molar-refractivity contribution in [2.75, 3.05) is 33.9 Å². The molecule has 2 rings (SSSR count). The summed E-state index contributed by atoms with van der Waals surface area (Å²) in [5, 5.41) is 2.72. The van der Waals surface area contributed by atoms with Crippen molar-refractivity contribution < 1.29 is 14.3 Å². The predicted octanol–water partition coefficient (Wildman–Crippen LogP) is 0.254. The van der Waals surface area contributed by atoms with Crippen molar-refractivity contribution in [1.82, 2.24) is 10.2 Å². The Balaban J connectivity index is 1.68. The van der Waals surface area contributed by atoms with E-state index in [1.54, 1.807) is 19.1 Å². The van der Waals surface area contributed by atoms with Crippen LogP contribution in [0.3, 0.4) is 0 Å². The Morgan fingerprint density at radius 3 is 2.56 bits per heavy atom. The first-order valence-corrected chi connectivity index (χ1v) is 6.62. The summed E-state index contributed by atoms with van der Waals surface area (Å²) in [5.41, 5.74) is 0. The molecule has 2 aliphatic rings. The van der Waals surface area contributed by atoms with E-state index in [1.807, 2.05) is 0 Å². The molecule has 2 saturated carbocycles. The van der Waals surface area contributed by atoms with Crippen LogP contribution in [-0.2, 0) is 14.3 Å². The van der Waals surface area contributed by atoms with Crippen LogP contribution in [0.2, 0.25) is 0 Å². The molecule has 0 saturated heterocycles. The molecule has 18 heavy (non-hydrogen) atoms. The molecule has 0 aromatic heterocycles. The van der Waals surface area contributed by atoms with Crippen molar-refractivity contribution in [2.45, 2.75) is 19.3 Å². The maximum Gasteiger partial charge on any atom is 0.239 e. The lowest BCUT2D eigenvalue weighted by Gasteiger charge is -2.21. The first kappa shape index (κ1) is 13.3. The molecule has 2 fully saturated rings. The highest BCUT2D eigenvalue weighted by molar-refractivity contribution is 5.86. The molecule has 0 aliphatic heterocycles. The van der Waals surface area contributed by atoms with Gasteiger partial charge in [0.05, 0.1) is 13.2 Å². The highest BCUT2D eigenvalue weighted by Crippen LogP contribution is 2.54. The number of amides is 2. The van der Waals surface area contributed by atoms with Gasteiger partial charge in [0.2, 0.25) is 11.8 Å². The maximum absolute atomic E-state index is 12.1. The average molecular weight is 254 g/mol. The molecule has 0 radical (unpaired) electrons. The number of hydrogen-bond acceptors (Lipinski definition) is 3. The van der Waals surface area contributed by atoms with E-state index in [0.29, 0.717) is 13.2 Å². The standard InChI is InChI=1S/C13H22N2O3/c1-15(8-12(16)14-3-4-18-2)13(17)11-6-9-5-10(9)7-11/h9-11H,3-8H2,1-2H3,(H,14,16). The number of carbonyl (C=O) groups is 2. The summed E-state index contributed by atoms with van der Waals surface area (Å²) in [6.07, 6.45) is 3.36. The van der Waals surface area contributed by atoms with Gasteiger partial charge in [-0.3, -0.25) is 9.59 Å². The fraction of sp³-hybridized carbons (Fsp3) is 0.846. The van der Waals surface area contributed by atoms with Crippen LogP contribution in [0, 0.1) is 17.8 Å². The smallest absolute Gasteiger partial charge is 0.239 e. The average Bonchev–Trinajstić information content (AvgIpc) is 2.95. The van der Waals surface area contributed by atoms with Crippen LogP contribution in [0.15, 0.2) is 0 Å². The summed E-state index contributed by atoms with van der Waals surface area (Å²) < 4.78 is 4.85. The van der Waals surface area contributed by atoms with E-state index in [-0.39, 0.29) is 24.3 Å². The monoisotopic (exact) mass is 254 g/mol. The van der Waals surface area contributed by atoms with E-state index in [9.17, 15) is 9.59 Å². The van der Waals surface area contributed by atoms with Gasteiger partial charge in [0, 0.05) is 26.6 Å². The fourth-order valence-corrected chi connectivity index (χ4v) is 2.87. The lowest BCUT2D eigenvalue weighted by atomic mass is 10.0. The number of nitrogens with one attached hydrogen (secondary N) is 1. The van der Waals surface area contributed by atoms with Gasteiger partial charge in [-0.15, -0.1) is 0 Å². The lowest BCUT2D eigenvalue weighted by molar-refractivity contribution is -0.138. The third-order valence-electron chi connectivity index (χ3n) is 3.98. The third-order valence-corrected chi connectivity index (χ3v) is 3.98. The number of ether oxygens (including phenoxy) is 1. The third kappa shape index (κ3) is 3.22. The van der Waals surface area contributed by atoms with Crippen molar-refractivity contribution in [1.29, 1.82) is 0 Å². The van der Waals surface area contributed by atoms with E-state index < -0.39 is 0 Å². The van der Waals surface area contributed by atoms with Gasteiger partial charge in [0.15, 0.2) is 0 Å². The number of methoxy groups -OCH3 is 1. The first-order chi connectivity index (χ1) is 8.61. The van der Waals surface area contributed by atoms with Gasteiger partial charge in [-0.05, 0) is 31.1 Å². The molecule has 2 aliphatic carbocycles. The maximum atomic E-state index is 12.1. The Morgan fingerprint density at radius 1 is 1.28 bits per heavy atom. The molecule has 0 spiro atoms. The van der Waals surface area contributed by atoms with Gasteiger partial charge in [0.25, 0.3) is 0 Å². The number of fused-ring (bicyclic) bond motifs is 1. The second-order valence-corrected chi connectivity index (χ2v) is 5.46. The van der Waals surface area contributed by atoms with Crippen LogP contribution < -0.4 is 5.32 Å². The van der Waals surface area contributed by atoms with Crippen LogP contribution in [0.25, 0.3) is 0 Å². The van der Waals surface area contributed by atoms with E-state index in [1.165, 1.54) is 6.42 Å². The van der Waals surface area contributed by atoms with Crippen molar-refractivity contribution in [3.05, 3.63) is 0 Å². The molecule has 1 N–H and O–H groups in total. The Hall–Kier alpha value is -1.10. The van der Waals surface area contributed by atoms with Gasteiger partial charge in [-0.1, -0.05) is 0 Å². The molecule has 5 nitrogen and oxygen atoms in total. The SMILES string of the molecule is COCCNC(=O)CN(C)C(=O)C1CC2CC2C1. The minimum Gasteiger partial charge on any atom is -0.383 e. The Morgan fingerprint density at radius 2 is 1.94 bits per heavy atom. The van der Waals surface area contributed by atoms with Gasteiger partial charge in [-0.2, -0.15) is 0 Å². The van der Waals surface area contributed by atoms with Gasteiger partial charge >= 0.3 is 0 Å². The summed E-state index contributed by atoms with van der Waals surface area (Å²) in [6, 6.07) is 0. The minimum atomic E-state index is -0.119. The van der Waals surface area contributed by atoms with Gasteiger partial charge < -0.3 is 15.0 Å². The summed E-state index contributed by atoms with van der Waals surface area (Å²) >= 11 is 0. The normalized spacial score (nSPS) is 28.7. The number of nitrogens with zero attached hydrogens (tertiary/aromatic N) is 1. The highest BCUT2D eigenvalue weighted by Gasteiger charge is 2.48.